The average molecular weight is 219 g/mol. The summed E-state index contributed by atoms with van der Waals surface area (Å²) in [5.74, 6) is 1.29. The van der Waals surface area contributed by atoms with Gasteiger partial charge in [0.1, 0.15) is 0 Å². The van der Waals surface area contributed by atoms with Crippen LogP contribution >= 0.6 is 11.8 Å². The van der Waals surface area contributed by atoms with Gasteiger partial charge < -0.3 is 10.4 Å². The van der Waals surface area contributed by atoms with Crippen molar-refractivity contribution in [1.82, 2.24) is 5.32 Å². The number of hydrogen-bond donors (Lipinski definition) is 2. The van der Waals surface area contributed by atoms with Crippen LogP contribution in [0.4, 0.5) is 0 Å². The summed E-state index contributed by atoms with van der Waals surface area (Å²) in [4.78, 5) is 0. The van der Waals surface area contributed by atoms with Crippen molar-refractivity contribution < 1.29 is 5.11 Å². The molecule has 0 aliphatic rings. The minimum atomic E-state index is -0.244. The first kappa shape index (κ1) is 14.3. The third-order valence-electron chi connectivity index (χ3n) is 2.47. The smallest absolute Gasteiger partial charge is 0.0662 e. The van der Waals surface area contributed by atoms with Gasteiger partial charge >= 0.3 is 0 Å². The molecule has 2 nitrogen and oxygen atoms in total. The van der Waals surface area contributed by atoms with Crippen molar-refractivity contribution in [3.05, 3.63) is 0 Å². The average Bonchev–Trinajstić information content (AvgIpc) is 2.16. The molecule has 0 aliphatic carbocycles. The monoisotopic (exact) mass is 219 g/mol. The summed E-state index contributed by atoms with van der Waals surface area (Å²) < 4.78 is 0. The van der Waals surface area contributed by atoms with Crippen molar-refractivity contribution in [2.45, 2.75) is 51.7 Å². The third-order valence-corrected chi connectivity index (χ3v) is 3.16. The maximum Gasteiger partial charge on any atom is 0.0662 e. The first-order valence-corrected chi connectivity index (χ1v) is 6.98. The number of hydrogen-bond acceptors (Lipinski definition) is 3. The number of unbranched alkanes of at least 4 members (excludes halogenated alkanes) is 3. The summed E-state index contributed by atoms with van der Waals surface area (Å²) in [6, 6.07) is 0.223. The van der Waals surface area contributed by atoms with Crippen molar-refractivity contribution in [1.29, 1.82) is 0 Å². The number of nitrogens with one attached hydrogen (secondary N) is 1. The molecule has 0 fully saturated rings. The van der Waals surface area contributed by atoms with Crippen LogP contribution in [0.5, 0.6) is 0 Å². The van der Waals surface area contributed by atoms with Gasteiger partial charge in [-0.15, -0.1) is 0 Å². The van der Waals surface area contributed by atoms with E-state index < -0.39 is 0 Å². The van der Waals surface area contributed by atoms with Crippen molar-refractivity contribution in [3.8, 4) is 0 Å². The Bertz CT molecular complexity index is 120. The van der Waals surface area contributed by atoms with Crippen LogP contribution in [-0.2, 0) is 0 Å². The molecule has 0 aromatic heterocycles. The molecule has 0 bridgehead atoms. The second kappa shape index (κ2) is 9.81. The lowest BCUT2D eigenvalue weighted by atomic mass is 10.2. The Morgan fingerprint density at radius 3 is 2.36 bits per heavy atom. The maximum absolute atomic E-state index is 9.23. The van der Waals surface area contributed by atoms with E-state index >= 15 is 0 Å². The molecule has 3 heteroatoms. The van der Waals surface area contributed by atoms with E-state index in [2.05, 4.69) is 11.6 Å². The fourth-order valence-electron chi connectivity index (χ4n) is 1.23. The number of thioether (sulfide) groups is 1. The summed E-state index contributed by atoms with van der Waals surface area (Å²) in [5, 5.41) is 12.5. The zero-order chi connectivity index (χ0) is 10.8. The Labute approximate surface area is 92.9 Å². The van der Waals surface area contributed by atoms with Crippen LogP contribution < -0.4 is 5.32 Å². The summed E-state index contributed by atoms with van der Waals surface area (Å²) in [7, 11) is 0. The molecule has 0 spiro atoms. The first-order valence-electron chi connectivity index (χ1n) is 5.59. The summed E-state index contributed by atoms with van der Waals surface area (Å²) in [6.45, 7) is 4.89. The topological polar surface area (TPSA) is 32.3 Å². The third kappa shape index (κ3) is 8.85. The predicted octanol–water partition coefficient (Wildman–Crippen LogP) is 2.27. The summed E-state index contributed by atoms with van der Waals surface area (Å²) >= 11 is 1.93. The maximum atomic E-state index is 9.23. The first-order chi connectivity index (χ1) is 6.68. The molecule has 0 amide bonds. The van der Waals surface area contributed by atoms with E-state index in [1.54, 1.807) is 0 Å². The van der Waals surface area contributed by atoms with E-state index in [9.17, 15) is 5.11 Å². The quantitative estimate of drug-likeness (QED) is 0.584. The van der Waals surface area contributed by atoms with E-state index in [1.807, 2.05) is 25.6 Å². The fourth-order valence-corrected chi connectivity index (χ4v) is 1.72. The van der Waals surface area contributed by atoms with Crippen LogP contribution in [-0.4, -0.2) is 35.8 Å². The molecule has 0 aromatic carbocycles. The molecule has 2 unspecified atom stereocenters. The van der Waals surface area contributed by atoms with E-state index in [0.717, 1.165) is 6.54 Å². The van der Waals surface area contributed by atoms with E-state index in [1.165, 1.54) is 31.4 Å². The molecule has 2 N–H and O–H groups in total. The number of aliphatic hydroxyl groups is 1. The molecular weight excluding hydrogens is 194 g/mol. The molecule has 2 atom stereocenters. The normalized spacial score (nSPS) is 15.4. The van der Waals surface area contributed by atoms with E-state index in [4.69, 9.17) is 0 Å². The minimum absolute atomic E-state index is 0.223. The Hall–Kier alpha value is 0.270. The standard InChI is InChI=1S/C11H25NOS/c1-10(11(2)13)12-8-6-4-5-7-9-14-3/h10-13H,4-9H2,1-3H3. The molecule has 14 heavy (non-hydrogen) atoms. The van der Waals surface area contributed by atoms with Crippen LogP contribution in [0.2, 0.25) is 0 Å². The van der Waals surface area contributed by atoms with Gasteiger partial charge in [-0.05, 0) is 45.2 Å². The Kier molecular flexibility index (Phi) is 10.0. The Morgan fingerprint density at radius 1 is 1.14 bits per heavy atom. The molecule has 0 heterocycles. The zero-order valence-corrected chi connectivity index (χ0v) is 10.6. The molecule has 86 valence electrons. The van der Waals surface area contributed by atoms with Crippen LogP contribution in [0.15, 0.2) is 0 Å². The van der Waals surface area contributed by atoms with E-state index in [0.29, 0.717) is 0 Å². The largest absolute Gasteiger partial charge is 0.392 e. The highest BCUT2D eigenvalue weighted by atomic mass is 32.2. The van der Waals surface area contributed by atoms with Gasteiger partial charge in [-0.3, -0.25) is 0 Å². The van der Waals surface area contributed by atoms with Gasteiger partial charge in [0.05, 0.1) is 6.10 Å². The Morgan fingerprint density at radius 2 is 1.79 bits per heavy atom. The van der Waals surface area contributed by atoms with Gasteiger partial charge in [0.25, 0.3) is 0 Å². The van der Waals surface area contributed by atoms with Gasteiger partial charge in [0, 0.05) is 6.04 Å². The number of aliphatic hydroxyl groups excluding tert-OH is 1. The van der Waals surface area contributed by atoms with Gasteiger partial charge in [-0.25, -0.2) is 0 Å². The lowest BCUT2D eigenvalue weighted by Crippen LogP contribution is -2.35. The van der Waals surface area contributed by atoms with Crippen molar-refractivity contribution in [2.24, 2.45) is 0 Å². The van der Waals surface area contributed by atoms with E-state index in [-0.39, 0.29) is 12.1 Å². The van der Waals surface area contributed by atoms with Crippen LogP contribution in [0.1, 0.15) is 39.5 Å². The molecule has 0 aliphatic heterocycles. The predicted molar refractivity (Wildman–Crippen MR) is 66.0 cm³/mol. The van der Waals surface area contributed by atoms with Crippen LogP contribution in [0.3, 0.4) is 0 Å². The van der Waals surface area contributed by atoms with Crippen LogP contribution in [0.25, 0.3) is 0 Å². The summed E-state index contributed by atoms with van der Waals surface area (Å²) in [6.07, 6.45) is 7.13. The molecule has 0 saturated carbocycles. The van der Waals surface area contributed by atoms with Gasteiger partial charge in [0.2, 0.25) is 0 Å². The lowest BCUT2D eigenvalue weighted by molar-refractivity contribution is 0.152. The fraction of sp³-hybridized carbons (Fsp3) is 1.00. The summed E-state index contributed by atoms with van der Waals surface area (Å²) in [5.41, 5.74) is 0. The highest BCUT2D eigenvalue weighted by Crippen LogP contribution is 2.04. The Balaban J connectivity index is 3.06. The molecule has 0 radical (unpaired) electrons. The minimum Gasteiger partial charge on any atom is -0.392 e. The van der Waals surface area contributed by atoms with Gasteiger partial charge in [0.15, 0.2) is 0 Å². The van der Waals surface area contributed by atoms with Gasteiger partial charge in [-0.2, -0.15) is 11.8 Å². The zero-order valence-electron chi connectivity index (χ0n) is 9.75. The van der Waals surface area contributed by atoms with Gasteiger partial charge in [-0.1, -0.05) is 12.8 Å². The molecule has 0 saturated heterocycles. The SMILES string of the molecule is CSCCCCCCNC(C)C(C)O. The van der Waals surface area contributed by atoms with Crippen LogP contribution in [0, 0.1) is 0 Å². The second-order valence-corrected chi connectivity index (χ2v) is 4.88. The van der Waals surface area contributed by atoms with Crippen molar-refractivity contribution in [3.63, 3.8) is 0 Å². The second-order valence-electron chi connectivity index (χ2n) is 3.89. The van der Waals surface area contributed by atoms with Crippen molar-refractivity contribution >= 4 is 11.8 Å². The number of rotatable bonds is 9. The highest BCUT2D eigenvalue weighted by molar-refractivity contribution is 7.98. The lowest BCUT2D eigenvalue weighted by Gasteiger charge is -2.16. The molecule has 0 rings (SSSR count). The highest BCUT2D eigenvalue weighted by Gasteiger charge is 2.05. The van der Waals surface area contributed by atoms with Crippen molar-refractivity contribution in [2.75, 3.05) is 18.6 Å². The molecular formula is C11H25NOS. The molecule has 0 aromatic rings.